The summed E-state index contributed by atoms with van der Waals surface area (Å²) >= 11 is 1.71. The number of aromatic nitrogens is 4. The number of fused-ring (bicyclic) bond motifs is 2. The Morgan fingerprint density at radius 2 is 2.36 bits per heavy atom. The predicted molar refractivity (Wildman–Crippen MR) is 80.2 cm³/mol. The second-order valence-corrected chi connectivity index (χ2v) is 6.05. The van der Waals surface area contributed by atoms with E-state index in [0.29, 0.717) is 17.6 Å². The number of nitrogens with one attached hydrogen (secondary N) is 2. The van der Waals surface area contributed by atoms with Crippen LogP contribution >= 0.6 is 11.8 Å². The molecule has 1 amide bonds. The van der Waals surface area contributed by atoms with Gasteiger partial charge in [-0.1, -0.05) is 11.8 Å². The van der Waals surface area contributed by atoms with E-state index in [1.165, 1.54) is 18.2 Å². The number of aromatic amines is 1. The molecule has 3 heterocycles. The van der Waals surface area contributed by atoms with Crippen molar-refractivity contribution in [3.05, 3.63) is 41.7 Å². The van der Waals surface area contributed by atoms with E-state index in [1.54, 1.807) is 11.8 Å². The normalized spacial score (nSPS) is 13.5. The number of imidazole rings is 2. The van der Waals surface area contributed by atoms with Crippen molar-refractivity contribution in [1.82, 2.24) is 24.8 Å². The first-order chi connectivity index (χ1) is 10.7. The zero-order valence-corrected chi connectivity index (χ0v) is 12.3. The summed E-state index contributed by atoms with van der Waals surface area (Å²) < 4.78 is 15.2. The monoisotopic (exact) mass is 317 g/mol. The molecule has 0 unspecified atom stereocenters. The van der Waals surface area contributed by atoms with Crippen molar-refractivity contribution in [1.29, 1.82) is 0 Å². The zero-order chi connectivity index (χ0) is 15.1. The van der Waals surface area contributed by atoms with Gasteiger partial charge in [0.2, 0.25) is 0 Å². The lowest BCUT2D eigenvalue weighted by atomic mass is 10.3. The van der Waals surface area contributed by atoms with Gasteiger partial charge in [0.1, 0.15) is 5.82 Å². The van der Waals surface area contributed by atoms with Crippen LogP contribution in [0.15, 0.2) is 29.6 Å². The van der Waals surface area contributed by atoms with Crippen molar-refractivity contribution in [2.75, 3.05) is 5.75 Å². The molecule has 1 aliphatic heterocycles. The third-order valence-electron chi connectivity index (χ3n) is 3.44. The lowest BCUT2D eigenvalue weighted by Crippen LogP contribution is -2.24. The molecule has 0 fully saturated rings. The smallest absolute Gasteiger partial charge is 0.287 e. The molecule has 6 nitrogen and oxygen atoms in total. The van der Waals surface area contributed by atoms with Crippen LogP contribution in [0.5, 0.6) is 0 Å². The van der Waals surface area contributed by atoms with Gasteiger partial charge in [-0.25, -0.2) is 14.4 Å². The summed E-state index contributed by atoms with van der Waals surface area (Å²) in [6, 6.07) is 4.17. The van der Waals surface area contributed by atoms with Gasteiger partial charge >= 0.3 is 0 Å². The van der Waals surface area contributed by atoms with E-state index in [0.717, 1.165) is 23.1 Å². The summed E-state index contributed by atoms with van der Waals surface area (Å²) in [4.78, 5) is 23.5. The molecule has 0 bridgehead atoms. The number of benzene rings is 1. The van der Waals surface area contributed by atoms with E-state index < -0.39 is 0 Å². The zero-order valence-electron chi connectivity index (χ0n) is 11.5. The molecule has 0 aliphatic carbocycles. The Morgan fingerprint density at radius 1 is 1.45 bits per heavy atom. The number of carbonyl (C=O) groups excluding carboxylic acids is 1. The molecule has 0 saturated heterocycles. The fraction of sp³-hybridized carbons (Fsp3) is 0.214. The average molecular weight is 317 g/mol. The molecule has 8 heteroatoms. The highest BCUT2D eigenvalue weighted by atomic mass is 32.2. The highest BCUT2D eigenvalue weighted by Gasteiger charge is 2.16. The number of halogens is 1. The van der Waals surface area contributed by atoms with Crippen LogP contribution in [0.4, 0.5) is 4.39 Å². The van der Waals surface area contributed by atoms with E-state index in [4.69, 9.17) is 0 Å². The van der Waals surface area contributed by atoms with E-state index in [2.05, 4.69) is 24.8 Å². The Labute approximate surface area is 129 Å². The van der Waals surface area contributed by atoms with Gasteiger partial charge in [-0.15, -0.1) is 0 Å². The number of thioether (sulfide) groups is 1. The maximum atomic E-state index is 13.1. The van der Waals surface area contributed by atoms with Crippen molar-refractivity contribution in [3.63, 3.8) is 0 Å². The van der Waals surface area contributed by atoms with Crippen LogP contribution in [0.1, 0.15) is 16.3 Å². The molecule has 1 aliphatic rings. The van der Waals surface area contributed by atoms with Crippen LogP contribution < -0.4 is 5.32 Å². The van der Waals surface area contributed by atoms with Crippen LogP contribution in [0.2, 0.25) is 0 Å². The standard InChI is InChI=1S/C14H12FN5OS/c15-8-1-2-10-11(5-8)19-12(18-10)13(21)16-6-9-7-20-3-4-22-14(20)17-9/h1-2,5,7H,3-4,6H2,(H,16,21)(H,18,19). The minimum Gasteiger partial charge on any atom is -0.344 e. The van der Waals surface area contributed by atoms with E-state index in [1.807, 2.05) is 6.20 Å². The second-order valence-electron chi connectivity index (χ2n) is 4.99. The topological polar surface area (TPSA) is 75.6 Å². The van der Waals surface area contributed by atoms with E-state index in [-0.39, 0.29) is 17.5 Å². The summed E-state index contributed by atoms with van der Waals surface area (Å²) in [6.07, 6.45) is 1.95. The molecule has 112 valence electrons. The summed E-state index contributed by atoms with van der Waals surface area (Å²) in [5.74, 6) is 0.511. The first-order valence-electron chi connectivity index (χ1n) is 6.81. The van der Waals surface area contributed by atoms with Gasteiger partial charge in [0, 0.05) is 18.5 Å². The first-order valence-corrected chi connectivity index (χ1v) is 7.80. The molecule has 3 aromatic rings. The van der Waals surface area contributed by atoms with Gasteiger partial charge in [-0.2, -0.15) is 0 Å². The highest BCUT2D eigenvalue weighted by Crippen LogP contribution is 2.24. The van der Waals surface area contributed by atoms with Crippen LogP contribution in [-0.2, 0) is 13.1 Å². The second kappa shape index (κ2) is 5.13. The van der Waals surface area contributed by atoms with E-state index >= 15 is 0 Å². The van der Waals surface area contributed by atoms with Crippen LogP contribution in [0.3, 0.4) is 0 Å². The van der Waals surface area contributed by atoms with Gasteiger partial charge in [-0.05, 0) is 18.2 Å². The Morgan fingerprint density at radius 3 is 3.23 bits per heavy atom. The largest absolute Gasteiger partial charge is 0.344 e. The quantitative estimate of drug-likeness (QED) is 0.774. The Bertz CT molecular complexity index is 850. The third-order valence-corrected chi connectivity index (χ3v) is 4.41. The molecule has 1 aromatic carbocycles. The first kappa shape index (κ1) is 13.3. The van der Waals surface area contributed by atoms with Crippen molar-refractivity contribution in [2.45, 2.75) is 18.2 Å². The summed E-state index contributed by atoms with van der Waals surface area (Å²) in [6.45, 7) is 1.29. The molecule has 22 heavy (non-hydrogen) atoms. The molecule has 0 atom stereocenters. The number of hydrogen-bond donors (Lipinski definition) is 2. The molecular formula is C14H12FN5OS. The number of rotatable bonds is 3. The number of aryl methyl sites for hydroxylation is 1. The number of hydrogen-bond acceptors (Lipinski definition) is 4. The minimum atomic E-state index is -0.367. The number of H-pyrrole nitrogens is 1. The summed E-state index contributed by atoms with van der Waals surface area (Å²) in [5.41, 5.74) is 1.88. The summed E-state index contributed by atoms with van der Waals surface area (Å²) in [5, 5.41) is 3.76. The predicted octanol–water partition coefficient (Wildman–Crippen LogP) is 1.93. The maximum absolute atomic E-state index is 13.1. The van der Waals surface area contributed by atoms with Gasteiger partial charge < -0.3 is 14.9 Å². The van der Waals surface area contributed by atoms with Crippen LogP contribution in [0.25, 0.3) is 11.0 Å². The summed E-state index contributed by atoms with van der Waals surface area (Å²) in [7, 11) is 0. The third kappa shape index (κ3) is 2.35. The van der Waals surface area contributed by atoms with Gasteiger partial charge in [0.05, 0.1) is 23.3 Å². The van der Waals surface area contributed by atoms with Gasteiger partial charge in [0.15, 0.2) is 11.0 Å². The molecule has 2 aromatic heterocycles. The molecule has 0 spiro atoms. The Kier molecular flexibility index (Phi) is 3.11. The Balaban J connectivity index is 1.48. The molecule has 2 N–H and O–H groups in total. The fourth-order valence-corrected chi connectivity index (χ4v) is 3.35. The number of carbonyl (C=O) groups is 1. The lowest BCUT2D eigenvalue weighted by Gasteiger charge is -2.00. The SMILES string of the molecule is O=C(NCc1cn2c(n1)SCC2)c1nc2ccc(F)cc2[nH]1. The van der Waals surface area contributed by atoms with Gasteiger partial charge in [0.25, 0.3) is 5.91 Å². The molecular weight excluding hydrogens is 305 g/mol. The lowest BCUT2D eigenvalue weighted by molar-refractivity contribution is 0.0941. The van der Waals surface area contributed by atoms with Crippen molar-refractivity contribution in [3.8, 4) is 0 Å². The van der Waals surface area contributed by atoms with Gasteiger partial charge in [-0.3, -0.25) is 4.79 Å². The fourth-order valence-electron chi connectivity index (χ4n) is 2.39. The average Bonchev–Trinajstić information content (AvgIpc) is 3.17. The van der Waals surface area contributed by atoms with Crippen molar-refractivity contribution < 1.29 is 9.18 Å². The molecule has 0 saturated carbocycles. The molecule has 4 rings (SSSR count). The van der Waals surface area contributed by atoms with Crippen molar-refractivity contribution >= 4 is 28.7 Å². The van der Waals surface area contributed by atoms with E-state index in [9.17, 15) is 9.18 Å². The number of nitrogens with zero attached hydrogens (tertiary/aromatic N) is 3. The van der Waals surface area contributed by atoms with Crippen LogP contribution in [0, 0.1) is 5.82 Å². The highest BCUT2D eigenvalue weighted by molar-refractivity contribution is 7.99. The van der Waals surface area contributed by atoms with Crippen LogP contribution in [-0.4, -0.2) is 31.2 Å². The van der Waals surface area contributed by atoms with Crippen molar-refractivity contribution in [2.24, 2.45) is 0 Å². The maximum Gasteiger partial charge on any atom is 0.287 e. The number of amides is 1. The molecule has 0 radical (unpaired) electrons. The Hall–Kier alpha value is -2.35. The minimum absolute atomic E-state index is 0.168.